The molecule has 0 spiro atoms. The van der Waals surface area contributed by atoms with Crippen molar-refractivity contribution in [3.63, 3.8) is 0 Å². The molecule has 2 heterocycles. The quantitative estimate of drug-likeness (QED) is 0.657. The second kappa shape index (κ2) is 11.7. The van der Waals surface area contributed by atoms with Crippen molar-refractivity contribution >= 4 is 46.6 Å². The molecule has 1 fully saturated rings. The number of aliphatic hydroxyl groups is 1. The number of benzene rings is 1. The van der Waals surface area contributed by atoms with Crippen molar-refractivity contribution in [1.82, 2.24) is 9.88 Å². The molecule has 28 heavy (non-hydrogen) atoms. The zero-order chi connectivity index (χ0) is 18.5. The first-order chi connectivity index (χ1) is 12.5. The molecule has 10 heteroatoms. The highest BCUT2D eigenvalue weighted by Gasteiger charge is 2.21. The van der Waals surface area contributed by atoms with Gasteiger partial charge in [-0.1, -0.05) is 22.0 Å². The lowest BCUT2D eigenvalue weighted by atomic mass is 10.2. The lowest BCUT2D eigenvalue weighted by molar-refractivity contribution is 0.0634. The molecule has 0 saturated carbocycles. The highest BCUT2D eigenvalue weighted by atomic mass is 79.9. The second-order valence-corrected chi connectivity index (χ2v) is 7.05. The fourth-order valence-electron chi connectivity index (χ4n) is 2.90. The van der Waals surface area contributed by atoms with Crippen LogP contribution in [0.15, 0.2) is 41.0 Å². The van der Waals surface area contributed by atoms with E-state index in [2.05, 4.69) is 30.7 Å². The van der Waals surface area contributed by atoms with Crippen molar-refractivity contribution < 1.29 is 18.6 Å². The van der Waals surface area contributed by atoms with Gasteiger partial charge in [0, 0.05) is 43.4 Å². The van der Waals surface area contributed by atoms with Gasteiger partial charge in [0.05, 0.1) is 0 Å². The smallest absolute Gasteiger partial charge is 0.190 e. The number of pyridine rings is 1. The number of anilines is 1. The standard InChI is InChI=1S/C18H20BrF2N3O2.2ClH/c19-13-9-15(20)18(16(21)10-13)26-12-14(25)11-23-5-7-24(8-6-23)17-3-1-2-4-22-17;;/h1-4,9-10,14,25H,5-8,11-12H2;2*1H. The maximum Gasteiger partial charge on any atom is 0.190 e. The number of aromatic nitrogens is 1. The Bertz CT molecular complexity index is 715. The van der Waals surface area contributed by atoms with E-state index in [4.69, 9.17) is 4.74 Å². The summed E-state index contributed by atoms with van der Waals surface area (Å²) >= 11 is 3.01. The summed E-state index contributed by atoms with van der Waals surface area (Å²) in [6.45, 7) is 3.37. The highest BCUT2D eigenvalue weighted by molar-refractivity contribution is 9.10. The molecule has 1 saturated heterocycles. The van der Waals surface area contributed by atoms with Gasteiger partial charge in [-0.25, -0.2) is 13.8 Å². The molecule has 1 N–H and O–H groups in total. The molecule has 1 aliphatic heterocycles. The molecule has 0 radical (unpaired) electrons. The molecule has 1 aromatic heterocycles. The molecule has 1 atom stereocenters. The van der Waals surface area contributed by atoms with E-state index >= 15 is 0 Å². The molecular weight excluding hydrogens is 479 g/mol. The summed E-state index contributed by atoms with van der Waals surface area (Å²) in [4.78, 5) is 8.62. The van der Waals surface area contributed by atoms with Crippen LogP contribution >= 0.6 is 40.7 Å². The largest absolute Gasteiger partial charge is 0.485 e. The van der Waals surface area contributed by atoms with E-state index in [1.807, 2.05) is 18.2 Å². The van der Waals surface area contributed by atoms with Gasteiger partial charge in [-0.3, -0.25) is 4.90 Å². The Morgan fingerprint density at radius 2 is 1.75 bits per heavy atom. The van der Waals surface area contributed by atoms with Crippen molar-refractivity contribution in [2.45, 2.75) is 6.10 Å². The van der Waals surface area contributed by atoms with Crippen molar-refractivity contribution in [2.75, 3.05) is 44.2 Å². The minimum Gasteiger partial charge on any atom is -0.485 e. The molecule has 5 nitrogen and oxygen atoms in total. The molecule has 1 aliphatic rings. The third-order valence-electron chi connectivity index (χ3n) is 4.20. The summed E-state index contributed by atoms with van der Waals surface area (Å²) in [5.41, 5.74) is 0. The number of ether oxygens (including phenoxy) is 1. The molecule has 2 aromatic rings. The van der Waals surface area contributed by atoms with E-state index in [0.29, 0.717) is 11.0 Å². The van der Waals surface area contributed by atoms with Gasteiger partial charge in [-0.05, 0) is 24.3 Å². The first-order valence-corrected chi connectivity index (χ1v) is 9.16. The molecule has 0 aliphatic carbocycles. The monoisotopic (exact) mass is 499 g/mol. The first kappa shape index (κ1) is 24.8. The average Bonchev–Trinajstić information content (AvgIpc) is 2.62. The summed E-state index contributed by atoms with van der Waals surface area (Å²) < 4.78 is 32.9. The van der Waals surface area contributed by atoms with Gasteiger partial charge in [-0.15, -0.1) is 24.8 Å². The van der Waals surface area contributed by atoms with Gasteiger partial charge in [0.25, 0.3) is 0 Å². The lowest BCUT2D eigenvalue weighted by Gasteiger charge is -2.36. The fourth-order valence-corrected chi connectivity index (χ4v) is 3.30. The van der Waals surface area contributed by atoms with E-state index < -0.39 is 23.5 Å². The zero-order valence-corrected chi connectivity index (χ0v) is 18.2. The van der Waals surface area contributed by atoms with Crippen LogP contribution in [-0.2, 0) is 0 Å². The summed E-state index contributed by atoms with van der Waals surface area (Å²) in [5.74, 6) is -1.12. The van der Waals surface area contributed by atoms with E-state index in [0.717, 1.165) is 44.1 Å². The van der Waals surface area contributed by atoms with Crippen LogP contribution in [0.1, 0.15) is 0 Å². The number of hydrogen-bond donors (Lipinski definition) is 1. The Labute approximate surface area is 183 Å². The molecule has 3 rings (SSSR count). The Hall–Kier alpha value is -1.19. The summed E-state index contributed by atoms with van der Waals surface area (Å²) in [5, 5.41) is 10.1. The lowest BCUT2D eigenvalue weighted by Crippen LogP contribution is -2.49. The minimum absolute atomic E-state index is 0. The SMILES string of the molecule is Cl.Cl.OC(COc1c(F)cc(Br)cc1F)CN1CCN(c2ccccn2)CC1. The van der Waals surface area contributed by atoms with E-state index in [9.17, 15) is 13.9 Å². The van der Waals surface area contributed by atoms with Gasteiger partial charge >= 0.3 is 0 Å². The Balaban J connectivity index is 0.00000196. The van der Waals surface area contributed by atoms with Gasteiger partial charge in [0.1, 0.15) is 18.5 Å². The molecule has 1 unspecified atom stereocenters. The van der Waals surface area contributed by atoms with Crippen LogP contribution in [0.5, 0.6) is 5.75 Å². The molecule has 156 valence electrons. The number of piperazine rings is 1. The average molecular weight is 501 g/mol. The zero-order valence-electron chi connectivity index (χ0n) is 14.9. The third kappa shape index (κ3) is 6.70. The van der Waals surface area contributed by atoms with E-state index in [-0.39, 0.29) is 31.4 Å². The summed E-state index contributed by atoms with van der Waals surface area (Å²) in [6.07, 6.45) is 0.933. The molecule has 1 aromatic carbocycles. The van der Waals surface area contributed by atoms with Gasteiger partial charge in [0.15, 0.2) is 17.4 Å². The van der Waals surface area contributed by atoms with Gasteiger partial charge in [-0.2, -0.15) is 0 Å². The minimum atomic E-state index is -0.834. The van der Waals surface area contributed by atoms with Crippen LogP contribution in [0.3, 0.4) is 0 Å². The van der Waals surface area contributed by atoms with Crippen LogP contribution in [0.25, 0.3) is 0 Å². The second-order valence-electron chi connectivity index (χ2n) is 6.14. The van der Waals surface area contributed by atoms with Crippen molar-refractivity contribution in [3.8, 4) is 5.75 Å². The Morgan fingerprint density at radius 1 is 1.11 bits per heavy atom. The van der Waals surface area contributed by atoms with Crippen LogP contribution in [0.4, 0.5) is 14.6 Å². The van der Waals surface area contributed by atoms with Crippen LogP contribution in [-0.4, -0.2) is 60.4 Å². The van der Waals surface area contributed by atoms with Gasteiger partial charge < -0.3 is 14.7 Å². The molecule has 0 amide bonds. The number of rotatable bonds is 6. The topological polar surface area (TPSA) is 48.8 Å². The third-order valence-corrected chi connectivity index (χ3v) is 4.66. The fraction of sp³-hybridized carbons (Fsp3) is 0.389. The van der Waals surface area contributed by atoms with Crippen LogP contribution < -0.4 is 9.64 Å². The van der Waals surface area contributed by atoms with E-state index in [1.54, 1.807) is 6.20 Å². The predicted octanol–water partition coefficient (Wildman–Crippen LogP) is 3.53. The van der Waals surface area contributed by atoms with Gasteiger partial charge in [0.2, 0.25) is 0 Å². The van der Waals surface area contributed by atoms with E-state index in [1.165, 1.54) is 0 Å². The normalized spacial score (nSPS) is 15.4. The number of β-amino-alcohol motifs (C(OH)–C–C–N with tert-alkyl or cyclic N) is 1. The number of aliphatic hydroxyl groups excluding tert-OH is 1. The number of hydrogen-bond acceptors (Lipinski definition) is 5. The molecule has 0 bridgehead atoms. The Kier molecular flexibility index (Phi) is 10.4. The number of halogens is 5. The van der Waals surface area contributed by atoms with Crippen molar-refractivity contribution in [1.29, 1.82) is 0 Å². The maximum atomic E-state index is 13.7. The first-order valence-electron chi connectivity index (χ1n) is 8.36. The summed E-state index contributed by atoms with van der Waals surface area (Å²) in [7, 11) is 0. The Morgan fingerprint density at radius 3 is 2.32 bits per heavy atom. The summed E-state index contributed by atoms with van der Waals surface area (Å²) in [6, 6.07) is 8.06. The molecular formula is C18H22BrCl2F2N3O2. The van der Waals surface area contributed by atoms with Crippen LogP contribution in [0, 0.1) is 11.6 Å². The predicted molar refractivity (Wildman–Crippen MR) is 113 cm³/mol. The number of nitrogens with zero attached hydrogens (tertiary/aromatic N) is 3. The highest BCUT2D eigenvalue weighted by Crippen LogP contribution is 2.26. The maximum absolute atomic E-state index is 13.7. The van der Waals surface area contributed by atoms with Crippen molar-refractivity contribution in [3.05, 3.63) is 52.6 Å². The van der Waals surface area contributed by atoms with Crippen LogP contribution in [0.2, 0.25) is 0 Å². The van der Waals surface area contributed by atoms with Crippen molar-refractivity contribution in [2.24, 2.45) is 0 Å².